The Kier molecular flexibility index (Phi) is 4.04. The number of benzene rings is 1. The van der Waals surface area contributed by atoms with Gasteiger partial charge >= 0.3 is 6.09 Å². The van der Waals surface area contributed by atoms with Crippen molar-refractivity contribution in [2.24, 2.45) is 0 Å². The van der Waals surface area contributed by atoms with Crippen LogP contribution in [-0.2, 0) is 11.2 Å². The molecule has 1 heterocycles. The maximum absolute atomic E-state index is 11.5. The summed E-state index contributed by atoms with van der Waals surface area (Å²) < 4.78 is 6.06. The van der Waals surface area contributed by atoms with Gasteiger partial charge in [-0.05, 0) is 12.0 Å². The minimum atomic E-state index is -0.169. The van der Waals surface area contributed by atoms with E-state index in [1.807, 2.05) is 18.2 Å². The topological polar surface area (TPSA) is 29.5 Å². The molecule has 1 amide bonds. The molecule has 1 aliphatic heterocycles. The molecule has 16 heavy (non-hydrogen) atoms. The van der Waals surface area contributed by atoms with E-state index in [9.17, 15) is 4.79 Å². The third kappa shape index (κ3) is 2.87. The molecule has 1 saturated heterocycles. The Hall–Kier alpha value is -0.780. The molecule has 0 spiro atoms. The molecule has 0 bridgehead atoms. The lowest BCUT2D eigenvalue weighted by atomic mass is 10.1. The molecule has 1 aliphatic rings. The highest BCUT2D eigenvalue weighted by Gasteiger charge is 2.29. The van der Waals surface area contributed by atoms with Crippen LogP contribution in [0.4, 0.5) is 4.79 Å². The molecule has 2 rings (SSSR count). The van der Waals surface area contributed by atoms with Crippen LogP contribution < -0.4 is 0 Å². The summed E-state index contributed by atoms with van der Waals surface area (Å²) in [5.74, 6) is 0. The van der Waals surface area contributed by atoms with E-state index in [1.165, 1.54) is 5.56 Å². The largest absolute Gasteiger partial charge is 0.443 e. The van der Waals surface area contributed by atoms with Crippen LogP contribution in [0.2, 0.25) is 0 Å². The van der Waals surface area contributed by atoms with Gasteiger partial charge in [0.15, 0.2) is 0 Å². The number of hydrogen-bond donors (Lipinski definition) is 0. The van der Waals surface area contributed by atoms with Crippen molar-refractivity contribution >= 4 is 28.7 Å². The number of ether oxygens (including phenoxy) is 1. The second-order valence-electron chi connectivity index (χ2n) is 3.84. The van der Waals surface area contributed by atoms with Gasteiger partial charge in [-0.25, -0.2) is 4.79 Å². The number of hydrogen-bond acceptors (Lipinski definition) is 2. The highest BCUT2D eigenvalue weighted by molar-refractivity contribution is 14.1. The van der Waals surface area contributed by atoms with Crippen LogP contribution in [0.25, 0.3) is 0 Å². The van der Waals surface area contributed by atoms with Crippen molar-refractivity contribution in [1.29, 1.82) is 0 Å². The van der Waals surface area contributed by atoms with Crippen LogP contribution in [0.3, 0.4) is 0 Å². The molecule has 86 valence electrons. The summed E-state index contributed by atoms with van der Waals surface area (Å²) in [5.41, 5.74) is 1.26. The summed E-state index contributed by atoms with van der Waals surface area (Å²) in [4.78, 5) is 13.3. The molecule has 1 aromatic carbocycles. The zero-order chi connectivity index (χ0) is 11.4. The standard InChI is InChI=1S/C12H14INO2/c13-8-11-9-14(12(15)16-11)7-6-10-4-2-1-3-5-10/h1-5,11H,6-9H2. The third-order valence-corrected chi connectivity index (χ3v) is 3.62. The van der Waals surface area contributed by atoms with Gasteiger partial charge in [0.2, 0.25) is 0 Å². The van der Waals surface area contributed by atoms with Gasteiger partial charge in [-0.3, -0.25) is 0 Å². The molecule has 1 aromatic rings. The summed E-state index contributed by atoms with van der Waals surface area (Å²) in [7, 11) is 0. The highest BCUT2D eigenvalue weighted by atomic mass is 127. The molecule has 1 unspecified atom stereocenters. The van der Waals surface area contributed by atoms with Crippen LogP contribution in [0, 0.1) is 0 Å². The maximum atomic E-state index is 11.5. The molecular weight excluding hydrogens is 317 g/mol. The molecule has 0 aliphatic carbocycles. The fourth-order valence-corrected chi connectivity index (χ4v) is 2.20. The number of halogens is 1. The first kappa shape index (κ1) is 11.7. The summed E-state index contributed by atoms with van der Waals surface area (Å²) in [6.07, 6.45) is 0.797. The van der Waals surface area contributed by atoms with Gasteiger partial charge in [0.25, 0.3) is 0 Å². The average molecular weight is 331 g/mol. The summed E-state index contributed by atoms with van der Waals surface area (Å²) in [6.45, 7) is 1.48. The van der Waals surface area contributed by atoms with Crippen molar-refractivity contribution in [3.8, 4) is 0 Å². The third-order valence-electron chi connectivity index (χ3n) is 2.64. The van der Waals surface area contributed by atoms with Crippen molar-refractivity contribution in [1.82, 2.24) is 4.90 Å². The fraction of sp³-hybridized carbons (Fsp3) is 0.417. The Morgan fingerprint density at radius 3 is 2.75 bits per heavy atom. The molecule has 0 N–H and O–H groups in total. The smallest absolute Gasteiger partial charge is 0.410 e. The Labute approximate surface area is 109 Å². The number of alkyl halides is 1. The van der Waals surface area contributed by atoms with Gasteiger partial charge < -0.3 is 9.64 Å². The lowest BCUT2D eigenvalue weighted by molar-refractivity contribution is 0.140. The first-order valence-electron chi connectivity index (χ1n) is 5.35. The molecule has 4 heteroatoms. The predicted molar refractivity (Wildman–Crippen MR) is 70.9 cm³/mol. The summed E-state index contributed by atoms with van der Waals surface area (Å²) in [5, 5.41) is 0. The Morgan fingerprint density at radius 2 is 2.12 bits per heavy atom. The minimum absolute atomic E-state index is 0.0730. The SMILES string of the molecule is O=C1OC(CI)CN1CCc1ccccc1. The van der Waals surface area contributed by atoms with Crippen molar-refractivity contribution in [2.75, 3.05) is 17.5 Å². The first-order valence-corrected chi connectivity index (χ1v) is 6.87. The van der Waals surface area contributed by atoms with Crippen molar-refractivity contribution in [3.63, 3.8) is 0 Å². The molecule has 1 fully saturated rings. The first-order chi connectivity index (χ1) is 7.79. The quantitative estimate of drug-likeness (QED) is 0.627. The van der Waals surface area contributed by atoms with Crippen molar-refractivity contribution < 1.29 is 9.53 Å². The predicted octanol–water partition coefficient (Wildman–Crippen LogP) is 2.48. The maximum Gasteiger partial charge on any atom is 0.410 e. The average Bonchev–Trinajstić information content (AvgIpc) is 2.69. The van der Waals surface area contributed by atoms with E-state index in [-0.39, 0.29) is 12.2 Å². The minimum Gasteiger partial charge on any atom is -0.443 e. The Morgan fingerprint density at radius 1 is 1.38 bits per heavy atom. The van der Waals surface area contributed by atoms with Gasteiger partial charge in [0.05, 0.1) is 6.54 Å². The van der Waals surface area contributed by atoms with Crippen LogP contribution in [0.1, 0.15) is 5.56 Å². The second kappa shape index (κ2) is 5.52. The molecule has 3 nitrogen and oxygen atoms in total. The number of carbonyl (C=O) groups is 1. The van der Waals surface area contributed by atoms with E-state index >= 15 is 0 Å². The molecule has 0 aromatic heterocycles. The zero-order valence-corrected chi connectivity index (χ0v) is 11.1. The van der Waals surface area contributed by atoms with Gasteiger partial charge in [-0.2, -0.15) is 0 Å². The fourth-order valence-electron chi connectivity index (χ4n) is 1.75. The van der Waals surface area contributed by atoms with Gasteiger partial charge in [0, 0.05) is 11.0 Å². The molecule has 1 atom stereocenters. The van der Waals surface area contributed by atoms with E-state index in [0.29, 0.717) is 0 Å². The molecular formula is C12H14INO2. The van der Waals surface area contributed by atoms with Crippen LogP contribution >= 0.6 is 22.6 Å². The molecule has 0 radical (unpaired) electrons. The number of amides is 1. The van der Waals surface area contributed by atoms with Crippen LogP contribution in [0.5, 0.6) is 0 Å². The lowest BCUT2D eigenvalue weighted by Gasteiger charge is -2.12. The van der Waals surface area contributed by atoms with Crippen LogP contribution in [0.15, 0.2) is 30.3 Å². The normalized spacial score (nSPS) is 19.9. The van der Waals surface area contributed by atoms with E-state index < -0.39 is 0 Å². The van der Waals surface area contributed by atoms with Gasteiger partial charge in [-0.1, -0.05) is 52.9 Å². The van der Waals surface area contributed by atoms with E-state index in [2.05, 4.69) is 34.7 Å². The Balaban J connectivity index is 1.85. The number of carbonyl (C=O) groups excluding carboxylic acids is 1. The van der Waals surface area contributed by atoms with Crippen molar-refractivity contribution in [2.45, 2.75) is 12.5 Å². The molecule has 0 saturated carbocycles. The number of nitrogens with zero attached hydrogens (tertiary/aromatic N) is 1. The van der Waals surface area contributed by atoms with Crippen molar-refractivity contribution in [3.05, 3.63) is 35.9 Å². The number of rotatable bonds is 4. The van der Waals surface area contributed by atoms with Gasteiger partial charge in [0.1, 0.15) is 6.10 Å². The monoisotopic (exact) mass is 331 g/mol. The Bertz CT molecular complexity index is 355. The lowest BCUT2D eigenvalue weighted by Crippen LogP contribution is -2.27. The summed E-state index contributed by atoms with van der Waals surface area (Å²) in [6, 6.07) is 10.2. The number of cyclic esters (lactones) is 1. The second-order valence-corrected chi connectivity index (χ2v) is 4.72. The van der Waals surface area contributed by atoms with E-state index in [1.54, 1.807) is 4.90 Å². The van der Waals surface area contributed by atoms with Gasteiger partial charge in [-0.15, -0.1) is 0 Å². The summed E-state index contributed by atoms with van der Waals surface area (Å²) >= 11 is 2.25. The zero-order valence-electron chi connectivity index (χ0n) is 8.93. The van der Waals surface area contributed by atoms with E-state index in [0.717, 1.165) is 23.9 Å². The van der Waals surface area contributed by atoms with E-state index in [4.69, 9.17) is 4.74 Å². The highest BCUT2D eigenvalue weighted by Crippen LogP contribution is 2.14. The van der Waals surface area contributed by atoms with Crippen LogP contribution in [-0.4, -0.2) is 34.6 Å².